The van der Waals surface area contributed by atoms with Crippen molar-refractivity contribution in [3.05, 3.63) is 16.9 Å². The van der Waals surface area contributed by atoms with E-state index in [0.717, 1.165) is 6.42 Å². The largest absolute Gasteiger partial charge is 0.372 e. The zero-order chi connectivity index (χ0) is 12.0. The zero-order valence-electron chi connectivity index (χ0n) is 9.29. The maximum atomic E-state index is 11.4. The Bertz CT molecular complexity index is 351. The number of amides is 1. The number of hydrogen-bond acceptors (Lipinski definition) is 4. The van der Waals surface area contributed by atoms with Gasteiger partial charge in [-0.3, -0.25) is 10.1 Å². The smallest absolute Gasteiger partial charge is 0.252 e. The molecule has 1 aromatic heterocycles. The van der Waals surface area contributed by atoms with Gasteiger partial charge in [0, 0.05) is 12.3 Å². The molecule has 1 aromatic rings. The molecule has 0 aliphatic rings. The molecule has 0 radical (unpaired) electrons. The number of hydrogen-bond donors (Lipinski definition) is 1. The van der Waals surface area contributed by atoms with Crippen molar-refractivity contribution in [3.63, 3.8) is 0 Å². The third-order valence-electron chi connectivity index (χ3n) is 1.66. The molecule has 0 aliphatic heterocycles. The maximum Gasteiger partial charge on any atom is 0.252 e. The first-order valence-electron chi connectivity index (χ1n) is 5.00. The molecule has 1 rings (SSSR count). The van der Waals surface area contributed by atoms with Gasteiger partial charge in [0.05, 0.1) is 0 Å². The Balaban J connectivity index is 2.49. The van der Waals surface area contributed by atoms with Crippen LogP contribution in [0.25, 0.3) is 0 Å². The van der Waals surface area contributed by atoms with Crippen LogP contribution in [0.4, 0.5) is 5.95 Å². The summed E-state index contributed by atoms with van der Waals surface area (Å²) in [5, 5.41) is 2.81. The molecule has 1 heterocycles. The summed E-state index contributed by atoms with van der Waals surface area (Å²) in [4.78, 5) is 19.2. The summed E-state index contributed by atoms with van der Waals surface area (Å²) in [5.74, 6) is -0.0785. The third kappa shape index (κ3) is 4.55. The Morgan fingerprint density at radius 1 is 1.56 bits per heavy atom. The molecule has 0 bridgehead atoms. The lowest BCUT2D eigenvalue weighted by molar-refractivity contribution is -0.120. The second-order valence-electron chi connectivity index (χ2n) is 3.26. The van der Waals surface area contributed by atoms with Crippen molar-refractivity contribution in [1.29, 1.82) is 0 Å². The van der Waals surface area contributed by atoms with E-state index in [1.807, 2.05) is 6.92 Å². The fraction of sp³-hybridized carbons (Fsp3) is 0.500. The molecule has 6 heteroatoms. The normalized spacial score (nSPS) is 10.2. The molecule has 0 spiro atoms. The number of nitrogens with zero attached hydrogens (tertiary/aromatic N) is 2. The van der Waals surface area contributed by atoms with E-state index in [9.17, 15) is 4.79 Å². The van der Waals surface area contributed by atoms with Crippen molar-refractivity contribution >= 4 is 23.5 Å². The minimum atomic E-state index is -0.282. The van der Waals surface area contributed by atoms with Gasteiger partial charge >= 0.3 is 0 Å². The predicted octanol–water partition coefficient (Wildman–Crippen LogP) is 1.80. The van der Waals surface area contributed by atoms with Crippen LogP contribution in [0.3, 0.4) is 0 Å². The molecule has 0 atom stereocenters. The van der Waals surface area contributed by atoms with Crippen LogP contribution in [-0.4, -0.2) is 29.1 Å². The molecule has 16 heavy (non-hydrogen) atoms. The number of aromatic nitrogens is 2. The van der Waals surface area contributed by atoms with Crippen LogP contribution < -0.4 is 5.32 Å². The number of anilines is 1. The lowest BCUT2D eigenvalue weighted by Gasteiger charge is -2.05. The molecule has 0 unspecified atom stereocenters. The fourth-order valence-corrected chi connectivity index (χ4v) is 1.29. The highest BCUT2D eigenvalue weighted by Gasteiger charge is 2.05. The lowest BCUT2D eigenvalue weighted by atomic mass is 10.4. The van der Waals surface area contributed by atoms with Gasteiger partial charge in [-0.05, 0) is 19.4 Å². The average Bonchev–Trinajstić information content (AvgIpc) is 2.16. The van der Waals surface area contributed by atoms with Crippen LogP contribution in [0.5, 0.6) is 0 Å². The van der Waals surface area contributed by atoms with Crippen molar-refractivity contribution in [2.45, 2.75) is 20.3 Å². The van der Waals surface area contributed by atoms with Gasteiger partial charge in [0.25, 0.3) is 5.91 Å². The van der Waals surface area contributed by atoms with E-state index in [1.54, 1.807) is 13.0 Å². The third-order valence-corrected chi connectivity index (χ3v) is 1.85. The number of carbonyl (C=O) groups is 1. The predicted molar refractivity (Wildman–Crippen MR) is 61.5 cm³/mol. The Morgan fingerprint density at radius 2 is 2.31 bits per heavy atom. The van der Waals surface area contributed by atoms with E-state index in [0.29, 0.717) is 17.5 Å². The van der Waals surface area contributed by atoms with Crippen LogP contribution >= 0.6 is 11.6 Å². The topological polar surface area (TPSA) is 64.1 Å². The second kappa shape index (κ2) is 6.40. The van der Waals surface area contributed by atoms with Gasteiger partial charge < -0.3 is 4.74 Å². The van der Waals surface area contributed by atoms with Crippen molar-refractivity contribution in [2.75, 3.05) is 18.5 Å². The summed E-state index contributed by atoms with van der Waals surface area (Å²) in [6.45, 7) is 4.31. The van der Waals surface area contributed by atoms with Gasteiger partial charge in [0.1, 0.15) is 11.8 Å². The zero-order valence-corrected chi connectivity index (χ0v) is 10.0. The monoisotopic (exact) mass is 243 g/mol. The van der Waals surface area contributed by atoms with E-state index >= 15 is 0 Å². The van der Waals surface area contributed by atoms with Gasteiger partial charge in [-0.15, -0.1) is 0 Å². The molecule has 0 fully saturated rings. The first-order valence-corrected chi connectivity index (χ1v) is 5.38. The Labute approximate surface area is 99.2 Å². The fourth-order valence-electron chi connectivity index (χ4n) is 1.06. The Kier molecular flexibility index (Phi) is 5.14. The number of nitrogens with one attached hydrogen (secondary N) is 1. The molecule has 0 aromatic carbocycles. The van der Waals surface area contributed by atoms with Crippen LogP contribution in [-0.2, 0) is 9.53 Å². The van der Waals surface area contributed by atoms with Gasteiger partial charge in [-0.1, -0.05) is 18.5 Å². The van der Waals surface area contributed by atoms with Crippen molar-refractivity contribution in [1.82, 2.24) is 9.97 Å². The lowest BCUT2D eigenvalue weighted by Crippen LogP contribution is -2.20. The van der Waals surface area contributed by atoms with Gasteiger partial charge in [0.2, 0.25) is 5.95 Å². The van der Waals surface area contributed by atoms with E-state index in [2.05, 4.69) is 15.3 Å². The quantitative estimate of drug-likeness (QED) is 0.633. The summed E-state index contributed by atoms with van der Waals surface area (Å²) in [5.41, 5.74) is 0.699. The maximum absolute atomic E-state index is 11.4. The molecular weight excluding hydrogens is 230 g/mol. The molecule has 5 nitrogen and oxygen atoms in total. The van der Waals surface area contributed by atoms with Crippen LogP contribution in [0.2, 0.25) is 5.15 Å². The number of ether oxygens (including phenoxy) is 1. The highest BCUT2D eigenvalue weighted by Crippen LogP contribution is 2.09. The minimum absolute atomic E-state index is 0.00274. The first-order chi connectivity index (χ1) is 7.61. The standard InChI is InChI=1S/C10H14ClN3O2/c1-3-4-16-6-9(15)14-10-12-7(2)5-8(11)13-10/h5H,3-4,6H2,1-2H3,(H,12,13,14,15). The highest BCUT2D eigenvalue weighted by atomic mass is 35.5. The second-order valence-corrected chi connectivity index (χ2v) is 3.64. The van der Waals surface area contributed by atoms with Crippen LogP contribution in [0.15, 0.2) is 6.07 Å². The number of halogens is 1. The summed E-state index contributed by atoms with van der Waals surface area (Å²) < 4.78 is 5.08. The first kappa shape index (κ1) is 12.9. The van der Waals surface area contributed by atoms with Crippen molar-refractivity contribution < 1.29 is 9.53 Å². The van der Waals surface area contributed by atoms with Crippen molar-refractivity contribution in [3.8, 4) is 0 Å². The Hall–Kier alpha value is -1.20. The van der Waals surface area contributed by atoms with Gasteiger partial charge in [0.15, 0.2) is 0 Å². The van der Waals surface area contributed by atoms with E-state index < -0.39 is 0 Å². The van der Waals surface area contributed by atoms with Crippen LogP contribution in [0, 0.1) is 6.92 Å². The highest BCUT2D eigenvalue weighted by molar-refractivity contribution is 6.29. The Morgan fingerprint density at radius 3 is 2.94 bits per heavy atom. The molecule has 0 saturated carbocycles. The van der Waals surface area contributed by atoms with E-state index in [-0.39, 0.29) is 18.5 Å². The minimum Gasteiger partial charge on any atom is -0.372 e. The number of aryl methyl sites for hydroxylation is 1. The molecule has 1 N–H and O–H groups in total. The van der Waals surface area contributed by atoms with E-state index in [4.69, 9.17) is 16.3 Å². The SMILES string of the molecule is CCCOCC(=O)Nc1nc(C)cc(Cl)n1. The van der Waals surface area contributed by atoms with E-state index in [1.165, 1.54) is 0 Å². The molecule has 88 valence electrons. The van der Waals surface area contributed by atoms with Gasteiger partial charge in [-0.25, -0.2) is 9.97 Å². The summed E-state index contributed by atoms with van der Waals surface area (Å²) in [6, 6.07) is 1.62. The summed E-state index contributed by atoms with van der Waals surface area (Å²) >= 11 is 5.73. The summed E-state index contributed by atoms with van der Waals surface area (Å²) in [7, 11) is 0. The van der Waals surface area contributed by atoms with Crippen LogP contribution in [0.1, 0.15) is 19.0 Å². The summed E-state index contributed by atoms with van der Waals surface area (Å²) in [6.07, 6.45) is 0.875. The van der Waals surface area contributed by atoms with Gasteiger partial charge in [-0.2, -0.15) is 0 Å². The number of rotatable bonds is 5. The molecular formula is C10H14ClN3O2. The number of carbonyl (C=O) groups excluding carboxylic acids is 1. The molecule has 0 saturated heterocycles. The molecule has 1 amide bonds. The average molecular weight is 244 g/mol. The molecule has 0 aliphatic carbocycles. The van der Waals surface area contributed by atoms with Crippen molar-refractivity contribution in [2.24, 2.45) is 0 Å².